The molecule has 1 N–H and O–H groups in total. The summed E-state index contributed by atoms with van der Waals surface area (Å²) >= 11 is 15.6. The summed E-state index contributed by atoms with van der Waals surface area (Å²) in [4.78, 5) is 28.4. The molecule has 35 heavy (non-hydrogen) atoms. The zero-order valence-electron chi connectivity index (χ0n) is 19.5. The van der Waals surface area contributed by atoms with Crippen LogP contribution < -0.4 is 10.1 Å². The summed E-state index contributed by atoms with van der Waals surface area (Å²) in [6.07, 6.45) is 0.357. The largest absolute Gasteiger partial charge is 0.483 e. The van der Waals surface area contributed by atoms with Gasteiger partial charge in [0.05, 0.1) is 4.47 Å². The van der Waals surface area contributed by atoms with Crippen LogP contribution in [0.2, 0.25) is 10.0 Å². The zero-order valence-corrected chi connectivity index (χ0v) is 22.6. The molecule has 0 fully saturated rings. The number of nitrogens with one attached hydrogen (secondary N) is 1. The Bertz CT molecular complexity index is 1160. The molecule has 0 heterocycles. The van der Waals surface area contributed by atoms with E-state index in [1.54, 1.807) is 35.2 Å². The third-order valence-electron chi connectivity index (χ3n) is 5.19. The molecule has 8 heteroatoms. The van der Waals surface area contributed by atoms with Gasteiger partial charge >= 0.3 is 0 Å². The molecule has 0 saturated heterocycles. The number of hydrogen-bond donors (Lipinski definition) is 1. The Morgan fingerprint density at radius 1 is 0.943 bits per heavy atom. The molecule has 0 bridgehead atoms. The van der Waals surface area contributed by atoms with Crippen molar-refractivity contribution in [1.29, 1.82) is 0 Å². The minimum Gasteiger partial charge on any atom is -0.483 e. The Morgan fingerprint density at radius 2 is 1.63 bits per heavy atom. The van der Waals surface area contributed by atoms with Gasteiger partial charge in [-0.2, -0.15) is 0 Å². The van der Waals surface area contributed by atoms with Crippen molar-refractivity contribution in [2.75, 3.05) is 6.61 Å². The maximum atomic E-state index is 13.6. The standard InChI is InChI=1S/C27H27BrCl2N2O3/c1-18(2)31-27(34)24(14-19-7-4-3-5-8-19)32(16-20-9-6-10-21(29)13-20)26(33)17-35-25-12-11-22(30)15-23(25)28/h3-13,15,18,24H,14,16-17H2,1-2H3,(H,31,34)/t24-/m1/s1. The van der Waals surface area contributed by atoms with Gasteiger partial charge in [-0.15, -0.1) is 0 Å². The van der Waals surface area contributed by atoms with Crippen LogP contribution in [0, 0.1) is 0 Å². The average molecular weight is 578 g/mol. The SMILES string of the molecule is CC(C)NC(=O)[C@@H](Cc1ccccc1)N(Cc1cccc(Cl)c1)C(=O)COc1ccc(Cl)cc1Br. The highest BCUT2D eigenvalue weighted by molar-refractivity contribution is 9.10. The van der Waals surface area contributed by atoms with Gasteiger partial charge in [-0.25, -0.2) is 0 Å². The third kappa shape index (κ3) is 8.27. The number of carbonyl (C=O) groups excluding carboxylic acids is 2. The van der Waals surface area contributed by atoms with Crippen molar-refractivity contribution in [2.45, 2.75) is 38.9 Å². The molecule has 5 nitrogen and oxygen atoms in total. The second kappa shape index (κ2) is 13.0. The molecule has 0 aliphatic rings. The number of halogens is 3. The van der Waals surface area contributed by atoms with Crippen LogP contribution in [-0.2, 0) is 22.6 Å². The van der Waals surface area contributed by atoms with Gasteiger partial charge in [0.15, 0.2) is 6.61 Å². The van der Waals surface area contributed by atoms with E-state index in [9.17, 15) is 9.59 Å². The lowest BCUT2D eigenvalue weighted by molar-refractivity contribution is -0.143. The Hall–Kier alpha value is -2.54. The molecule has 0 aliphatic carbocycles. The van der Waals surface area contributed by atoms with Crippen molar-refractivity contribution >= 4 is 50.9 Å². The van der Waals surface area contributed by atoms with E-state index in [-0.39, 0.29) is 31.0 Å². The predicted octanol–water partition coefficient (Wildman–Crippen LogP) is 6.30. The Labute approximate surface area is 224 Å². The molecule has 0 aromatic heterocycles. The summed E-state index contributed by atoms with van der Waals surface area (Å²) in [6, 6.07) is 21.1. The van der Waals surface area contributed by atoms with Gasteiger partial charge in [0.25, 0.3) is 5.91 Å². The first-order chi connectivity index (χ1) is 16.7. The van der Waals surface area contributed by atoms with E-state index in [2.05, 4.69) is 21.2 Å². The Morgan fingerprint density at radius 3 is 2.29 bits per heavy atom. The maximum Gasteiger partial charge on any atom is 0.261 e. The van der Waals surface area contributed by atoms with Gasteiger partial charge < -0.3 is 15.0 Å². The van der Waals surface area contributed by atoms with E-state index in [0.717, 1.165) is 11.1 Å². The summed E-state index contributed by atoms with van der Waals surface area (Å²) in [7, 11) is 0. The first kappa shape index (κ1) is 27.1. The molecule has 0 spiro atoms. The molecule has 184 valence electrons. The van der Waals surface area contributed by atoms with Crippen LogP contribution in [0.1, 0.15) is 25.0 Å². The van der Waals surface area contributed by atoms with Gasteiger partial charge in [-0.05, 0) is 71.2 Å². The van der Waals surface area contributed by atoms with Gasteiger partial charge in [-0.3, -0.25) is 9.59 Å². The second-order valence-electron chi connectivity index (χ2n) is 8.38. The van der Waals surface area contributed by atoms with Crippen LogP contribution >= 0.6 is 39.1 Å². The summed E-state index contributed by atoms with van der Waals surface area (Å²) < 4.78 is 6.44. The van der Waals surface area contributed by atoms with E-state index in [1.807, 2.05) is 56.3 Å². The quantitative estimate of drug-likeness (QED) is 0.308. The van der Waals surface area contributed by atoms with Crippen molar-refractivity contribution in [3.63, 3.8) is 0 Å². The van der Waals surface area contributed by atoms with Crippen LogP contribution in [0.15, 0.2) is 77.3 Å². The van der Waals surface area contributed by atoms with Crippen molar-refractivity contribution in [1.82, 2.24) is 10.2 Å². The fraction of sp³-hybridized carbons (Fsp3) is 0.259. The van der Waals surface area contributed by atoms with E-state index in [4.69, 9.17) is 27.9 Å². The van der Waals surface area contributed by atoms with Gasteiger partial charge in [-0.1, -0.05) is 65.7 Å². The maximum absolute atomic E-state index is 13.6. The molecule has 2 amide bonds. The lowest BCUT2D eigenvalue weighted by Gasteiger charge is -2.32. The smallest absolute Gasteiger partial charge is 0.261 e. The normalized spacial score (nSPS) is 11.7. The highest BCUT2D eigenvalue weighted by Gasteiger charge is 2.31. The zero-order chi connectivity index (χ0) is 25.4. The predicted molar refractivity (Wildman–Crippen MR) is 144 cm³/mol. The van der Waals surface area contributed by atoms with Crippen LogP contribution in [0.25, 0.3) is 0 Å². The molecule has 3 aromatic rings. The molecular formula is C27H27BrCl2N2O3. The Balaban J connectivity index is 1.92. The first-order valence-corrected chi connectivity index (χ1v) is 12.7. The van der Waals surface area contributed by atoms with Crippen molar-refractivity contribution in [3.8, 4) is 5.75 Å². The molecule has 3 rings (SSSR count). The van der Waals surface area contributed by atoms with E-state index in [0.29, 0.717) is 26.7 Å². The van der Waals surface area contributed by atoms with E-state index >= 15 is 0 Å². The molecule has 3 aromatic carbocycles. The molecule has 1 atom stereocenters. The first-order valence-electron chi connectivity index (χ1n) is 11.2. The molecule has 0 aliphatic heterocycles. The number of amides is 2. The van der Waals surface area contributed by atoms with Crippen molar-refractivity contribution < 1.29 is 14.3 Å². The topological polar surface area (TPSA) is 58.6 Å². The summed E-state index contributed by atoms with van der Waals surface area (Å²) in [5, 5.41) is 4.07. The molecule has 0 unspecified atom stereocenters. The van der Waals surface area contributed by atoms with Gasteiger partial charge in [0.2, 0.25) is 5.91 Å². The summed E-state index contributed by atoms with van der Waals surface area (Å²) in [5.74, 6) is -0.0738. The van der Waals surface area contributed by atoms with E-state index < -0.39 is 6.04 Å². The average Bonchev–Trinajstić information content (AvgIpc) is 2.81. The number of nitrogens with zero attached hydrogens (tertiary/aromatic N) is 1. The summed E-state index contributed by atoms with van der Waals surface area (Å²) in [5.41, 5.74) is 1.76. The Kier molecular flexibility index (Phi) is 10.0. The lowest BCUT2D eigenvalue weighted by Crippen LogP contribution is -2.52. The van der Waals surface area contributed by atoms with E-state index in [1.165, 1.54) is 0 Å². The fourth-order valence-electron chi connectivity index (χ4n) is 3.58. The molecule has 0 saturated carbocycles. The minimum atomic E-state index is -0.747. The molecular weight excluding hydrogens is 551 g/mol. The third-order valence-corrected chi connectivity index (χ3v) is 6.28. The molecule has 0 radical (unpaired) electrons. The van der Waals surface area contributed by atoms with Crippen molar-refractivity contribution in [3.05, 3.63) is 98.4 Å². The van der Waals surface area contributed by atoms with Crippen LogP contribution in [0.5, 0.6) is 5.75 Å². The van der Waals surface area contributed by atoms with Crippen LogP contribution in [-0.4, -0.2) is 35.4 Å². The van der Waals surface area contributed by atoms with Gasteiger partial charge in [0, 0.05) is 29.1 Å². The highest BCUT2D eigenvalue weighted by Crippen LogP contribution is 2.28. The highest BCUT2D eigenvalue weighted by atomic mass is 79.9. The van der Waals surface area contributed by atoms with Crippen LogP contribution in [0.3, 0.4) is 0 Å². The van der Waals surface area contributed by atoms with Crippen LogP contribution in [0.4, 0.5) is 0 Å². The number of ether oxygens (including phenoxy) is 1. The second-order valence-corrected chi connectivity index (χ2v) is 10.1. The monoisotopic (exact) mass is 576 g/mol. The number of carbonyl (C=O) groups is 2. The van der Waals surface area contributed by atoms with Crippen molar-refractivity contribution in [2.24, 2.45) is 0 Å². The number of benzene rings is 3. The fourth-order valence-corrected chi connectivity index (χ4v) is 4.59. The van der Waals surface area contributed by atoms with Gasteiger partial charge in [0.1, 0.15) is 11.8 Å². The summed E-state index contributed by atoms with van der Waals surface area (Å²) in [6.45, 7) is 3.73. The lowest BCUT2D eigenvalue weighted by atomic mass is 10.0. The number of hydrogen-bond acceptors (Lipinski definition) is 3. The number of rotatable bonds is 10. The minimum absolute atomic E-state index is 0.0785.